The minimum atomic E-state index is 0.318. The van der Waals surface area contributed by atoms with Crippen LogP contribution in [-0.2, 0) is 11.3 Å². The summed E-state index contributed by atoms with van der Waals surface area (Å²) >= 11 is 1.74. The summed E-state index contributed by atoms with van der Waals surface area (Å²) in [6.07, 6.45) is 3.17. The van der Waals surface area contributed by atoms with Gasteiger partial charge >= 0.3 is 0 Å². The molecule has 4 nitrogen and oxygen atoms in total. The summed E-state index contributed by atoms with van der Waals surface area (Å²) in [5.41, 5.74) is 0. The van der Waals surface area contributed by atoms with Crippen LogP contribution in [0, 0.1) is 11.8 Å². The molecule has 1 aliphatic rings. The monoisotopic (exact) mass is 365 g/mol. The molecule has 2 atom stereocenters. The van der Waals surface area contributed by atoms with Crippen molar-refractivity contribution in [2.75, 3.05) is 39.3 Å². The number of nitrogens with zero attached hydrogens (tertiary/aromatic N) is 2. The average molecular weight is 366 g/mol. The Labute approximate surface area is 157 Å². The number of likely N-dealkylation sites (N-methyl/N-ethyl adjacent to an activating group) is 1. The van der Waals surface area contributed by atoms with Gasteiger partial charge < -0.3 is 15.1 Å². The van der Waals surface area contributed by atoms with Crippen molar-refractivity contribution in [2.24, 2.45) is 11.8 Å². The fourth-order valence-electron chi connectivity index (χ4n) is 3.62. The summed E-state index contributed by atoms with van der Waals surface area (Å²) in [4.78, 5) is 18.8. The molecule has 0 radical (unpaired) electrons. The molecule has 2 unspecified atom stereocenters. The molecule has 1 fully saturated rings. The van der Waals surface area contributed by atoms with Crippen LogP contribution in [0.2, 0.25) is 0 Å². The maximum Gasteiger partial charge on any atom is 0.223 e. The van der Waals surface area contributed by atoms with E-state index < -0.39 is 0 Å². The summed E-state index contributed by atoms with van der Waals surface area (Å²) in [5, 5.41) is 5.58. The molecule has 1 aliphatic heterocycles. The second kappa shape index (κ2) is 10.9. The van der Waals surface area contributed by atoms with Crippen molar-refractivity contribution >= 4 is 17.2 Å². The number of carbonyl (C=O) groups is 1. The van der Waals surface area contributed by atoms with Crippen molar-refractivity contribution in [1.29, 1.82) is 0 Å². The average Bonchev–Trinajstić information content (AvgIpc) is 3.15. The van der Waals surface area contributed by atoms with E-state index in [-0.39, 0.29) is 0 Å². The normalized spacial score (nSPS) is 19.1. The first-order valence-electron chi connectivity index (χ1n) is 9.87. The van der Waals surface area contributed by atoms with E-state index in [1.807, 2.05) is 0 Å². The number of amides is 1. The third kappa shape index (κ3) is 6.72. The SMILES string of the molecule is CCN(CC)CCN(Cc1cccs1)C(=O)CC(C)C1CCCNC1. The molecule has 1 saturated heterocycles. The Morgan fingerprint density at radius 1 is 1.36 bits per heavy atom. The zero-order valence-corrected chi connectivity index (χ0v) is 17.0. The Kier molecular flexibility index (Phi) is 8.93. The van der Waals surface area contributed by atoms with Crippen molar-refractivity contribution in [2.45, 2.75) is 46.6 Å². The molecule has 0 saturated carbocycles. The van der Waals surface area contributed by atoms with Gasteiger partial charge in [0.05, 0.1) is 6.54 Å². The van der Waals surface area contributed by atoms with E-state index >= 15 is 0 Å². The maximum atomic E-state index is 13.0. The van der Waals surface area contributed by atoms with E-state index in [0.29, 0.717) is 24.2 Å². The Morgan fingerprint density at radius 3 is 2.76 bits per heavy atom. The van der Waals surface area contributed by atoms with Crippen molar-refractivity contribution < 1.29 is 4.79 Å². The molecule has 1 aromatic rings. The standard InChI is InChI=1S/C20H35N3OS/c1-4-22(5-2)11-12-23(16-19-9-7-13-25-19)20(24)14-17(3)18-8-6-10-21-15-18/h7,9,13,17-18,21H,4-6,8,10-12,14-16H2,1-3H3. The number of hydrogen-bond donors (Lipinski definition) is 1. The quantitative estimate of drug-likeness (QED) is 0.690. The highest BCUT2D eigenvalue weighted by Gasteiger charge is 2.24. The van der Waals surface area contributed by atoms with E-state index in [1.54, 1.807) is 11.3 Å². The molecule has 1 amide bonds. The smallest absolute Gasteiger partial charge is 0.223 e. The lowest BCUT2D eigenvalue weighted by molar-refractivity contribution is -0.133. The maximum absolute atomic E-state index is 13.0. The fourth-order valence-corrected chi connectivity index (χ4v) is 4.34. The number of rotatable bonds is 10. The minimum absolute atomic E-state index is 0.318. The Bertz CT molecular complexity index is 481. The predicted molar refractivity (Wildman–Crippen MR) is 107 cm³/mol. The minimum Gasteiger partial charge on any atom is -0.336 e. The van der Waals surface area contributed by atoms with Gasteiger partial charge in [-0.2, -0.15) is 0 Å². The molecular formula is C20H35N3OS. The number of hydrogen-bond acceptors (Lipinski definition) is 4. The molecule has 0 bridgehead atoms. The van der Waals surface area contributed by atoms with Crippen molar-refractivity contribution in [3.63, 3.8) is 0 Å². The van der Waals surface area contributed by atoms with Gasteiger partial charge in [0.1, 0.15) is 0 Å². The van der Waals surface area contributed by atoms with Crippen molar-refractivity contribution in [3.8, 4) is 0 Å². The molecule has 2 rings (SSSR count). The predicted octanol–water partition coefficient (Wildman–Crippen LogP) is 3.44. The number of nitrogens with one attached hydrogen (secondary N) is 1. The van der Waals surface area contributed by atoms with Crippen LogP contribution < -0.4 is 5.32 Å². The summed E-state index contributed by atoms with van der Waals surface area (Å²) in [5.74, 6) is 1.42. The Balaban J connectivity index is 1.93. The van der Waals surface area contributed by atoms with Crippen LogP contribution in [0.25, 0.3) is 0 Å². The molecule has 0 aliphatic carbocycles. The second-order valence-electron chi connectivity index (χ2n) is 7.21. The molecule has 0 spiro atoms. The van der Waals surface area contributed by atoms with Crippen LogP contribution in [-0.4, -0.2) is 55.0 Å². The summed E-state index contributed by atoms with van der Waals surface area (Å²) in [7, 11) is 0. The zero-order valence-electron chi connectivity index (χ0n) is 16.2. The first-order valence-corrected chi connectivity index (χ1v) is 10.7. The lowest BCUT2D eigenvalue weighted by Gasteiger charge is -2.31. The van der Waals surface area contributed by atoms with Gasteiger partial charge in [-0.25, -0.2) is 0 Å². The van der Waals surface area contributed by atoms with Crippen molar-refractivity contribution in [3.05, 3.63) is 22.4 Å². The summed E-state index contributed by atoms with van der Waals surface area (Å²) in [6.45, 7) is 13.5. The van der Waals surface area contributed by atoms with Crippen molar-refractivity contribution in [1.82, 2.24) is 15.1 Å². The van der Waals surface area contributed by atoms with Crippen LogP contribution in [0.1, 0.15) is 44.9 Å². The number of thiophene rings is 1. The topological polar surface area (TPSA) is 35.6 Å². The molecule has 0 aromatic carbocycles. The number of piperidine rings is 1. The molecule has 25 heavy (non-hydrogen) atoms. The van der Waals surface area contributed by atoms with Crippen LogP contribution in [0.15, 0.2) is 17.5 Å². The third-order valence-electron chi connectivity index (χ3n) is 5.50. The van der Waals surface area contributed by atoms with Gasteiger partial charge in [-0.3, -0.25) is 4.79 Å². The lowest BCUT2D eigenvalue weighted by Crippen LogP contribution is -2.40. The number of carbonyl (C=O) groups excluding carboxylic acids is 1. The lowest BCUT2D eigenvalue weighted by atomic mass is 9.85. The van der Waals surface area contributed by atoms with Crippen LogP contribution in [0.5, 0.6) is 0 Å². The van der Waals surface area contributed by atoms with Gasteiger partial charge in [0, 0.05) is 24.4 Å². The van der Waals surface area contributed by atoms with E-state index in [0.717, 1.165) is 45.8 Å². The first-order chi connectivity index (χ1) is 12.1. The van der Waals surface area contributed by atoms with E-state index in [2.05, 4.69) is 53.4 Å². The first kappa shape index (κ1) is 20.4. The van der Waals surface area contributed by atoms with Gasteiger partial charge in [-0.1, -0.05) is 26.8 Å². The summed E-state index contributed by atoms with van der Waals surface area (Å²) in [6, 6.07) is 4.21. The van der Waals surface area contributed by atoms with Gasteiger partial charge in [0.25, 0.3) is 0 Å². The zero-order chi connectivity index (χ0) is 18.1. The highest BCUT2D eigenvalue weighted by atomic mass is 32.1. The van der Waals surface area contributed by atoms with E-state index in [4.69, 9.17) is 0 Å². The third-order valence-corrected chi connectivity index (χ3v) is 6.36. The second-order valence-corrected chi connectivity index (χ2v) is 8.24. The van der Waals surface area contributed by atoms with Gasteiger partial charge in [-0.05, 0) is 62.3 Å². The van der Waals surface area contributed by atoms with Crippen LogP contribution in [0.4, 0.5) is 0 Å². The Hall–Kier alpha value is -0.910. The van der Waals surface area contributed by atoms with Gasteiger partial charge in [-0.15, -0.1) is 11.3 Å². The van der Waals surface area contributed by atoms with Gasteiger partial charge in [0.15, 0.2) is 0 Å². The molecular weight excluding hydrogens is 330 g/mol. The molecule has 1 aromatic heterocycles. The summed E-state index contributed by atoms with van der Waals surface area (Å²) < 4.78 is 0. The Morgan fingerprint density at radius 2 is 2.16 bits per heavy atom. The molecule has 2 heterocycles. The highest BCUT2D eigenvalue weighted by molar-refractivity contribution is 7.09. The van der Waals surface area contributed by atoms with Crippen LogP contribution in [0.3, 0.4) is 0 Å². The molecule has 142 valence electrons. The van der Waals surface area contributed by atoms with E-state index in [1.165, 1.54) is 17.7 Å². The molecule has 1 N–H and O–H groups in total. The molecule has 5 heteroatoms. The van der Waals surface area contributed by atoms with Gasteiger partial charge in [0.2, 0.25) is 5.91 Å². The highest BCUT2D eigenvalue weighted by Crippen LogP contribution is 2.24. The van der Waals surface area contributed by atoms with Crippen LogP contribution >= 0.6 is 11.3 Å². The largest absolute Gasteiger partial charge is 0.336 e. The van der Waals surface area contributed by atoms with E-state index in [9.17, 15) is 4.79 Å². The fraction of sp³-hybridized carbons (Fsp3) is 0.750.